The van der Waals surface area contributed by atoms with Crippen molar-refractivity contribution in [2.24, 2.45) is 0 Å². The number of carbonyl (C=O) groups is 1. The van der Waals surface area contributed by atoms with Gasteiger partial charge >= 0.3 is 0 Å². The van der Waals surface area contributed by atoms with Crippen LogP contribution in [-0.2, 0) is 11.3 Å². The lowest BCUT2D eigenvalue weighted by molar-refractivity contribution is -0.116. The Morgan fingerprint density at radius 3 is 2.85 bits per heavy atom. The zero-order valence-electron chi connectivity index (χ0n) is 11.3. The van der Waals surface area contributed by atoms with E-state index in [1.54, 1.807) is 17.9 Å². The topological polar surface area (TPSA) is 59.8 Å². The Morgan fingerprint density at radius 2 is 2.20 bits per heavy atom. The van der Waals surface area contributed by atoms with Gasteiger partial charge in [0, 0.05) is 6.54 Å². The van der Waals surface area contributed by atoms with Crippen molar-refractivity contribution in [3.05, 3.63) is 48.5 Å². The third-order valence-electron chi connectivity index (χ3n) is 2.86. The SMILES string of the molecule is CC#CC(=O)N[C@@H](CCn1cncn1)c1ccccc1. The molecule has 1 amide bonds. The molecule has 1 aromatic heterocycles. The van der Waals surface area contributed by atoms with Gasteiger partial charge < -0.3 is 5.32 Å². The highest BCUT2D eigenvalue weighted by atomic mass is 16.1. The molecule has 0 saturated carbocycles. The predicted octanol–water partition coefficient (Wildman–Crippen LogP) is 1.55. The number of hydrogen-bond donors (Lipinski definition) is 1. The Morgan fingerprint density at radius 1 is 1.40 bits per heavy atom. The lowest BCUT2D eigenvalue weighted by atomic mass is 10.0. The number of hydrogen-bond acceptors (Lipinski definition) is 3. The molecule has 1 atom stereocenters. The summed E-state index contributed by atoms with van der Waals surface area (Å²) < 4.78 is 1.74. The molecule has 5 heteroatoms. The van der Waals surface area contributed by atoms with Gasteiger partial charge in [0.25, 0.3) is 5.91 Å². The molecule has 2 aromatic rings. The summed E-state index contributed by atoms with van der Waals surface area (Å²) in [7, 11) is 0. The van der Waals surface area contributed by atoms with Gasteiger partial charge in [-0.3, -0.25) is 9.48 Å². The summed E-state index contributed by atoms with van der Waals surface area (Å²) in [6.45, 7) is 2.33. The van der Waals surface area contributed by atoms with Gasteiger partial charge in [-0.05, 0) is 24.8 Å². The van der Waals surface area contributed by atoms with E-state index in [4.69, 9.17) is 0 Å². The lowest BCUT2D eigenvalue weighted by Gasteiger charge is -2.17. The molecule has 2 rings (SSSR count). The van der Waals surface area contributed by atoms with Crippen molar-refractivity contribution in [3.8, 4) is 11.8 Å². The second-order valence-corrected chi connectivity index (χ2v) is 4.26. The van der Waals surface area contributed by atoms with Crippen LogP contribution in [0.5, 0.6) is 0 Å². The van der Waals surface area contributed by atoms with Crippen LogP contribution in [0.15, 0.2) is 43.0 Å². The van der Waals surface area contributed by atoms with Gasteiger partial charge in [-0.15, -0.1) is 0 Å². The van der Waals surface area contributed by atoms with Gasteiger partial charge in [-0.25, -0.2) is 4.98 Å². The van der Waals surface area contributed by atoms with E-state index in [-0.39, 0.29) is 11.9 Å². The van der Waals surface area contributed by atoms with Crippen molar-refractivity contribution in [1.29, 1.82) is 0 Å². The Balaban J connectivity index is 2.06. The standard InChI is InChI=1S/C15H16N4O/c1-2-6-15(20)18-14(13-7-4-3-5-8-13)9-10-19-12-16-11-17-19/h3-5,7-8,11-12,14H,9-10H2,1H3,(H,18,20)/t14-/m0/s1. The summed E-state index contributed by atoms with van der Waals surface area (Å²) in [6, 6.07) is 9.75. The average molecular weight is 268 g/mol. The van der Waals surface area contributed by atoms with E-state index in [1.165, 1.54) is 6.33 Å². The van der Waals surface area contributed by atoms with Crippen LogP contribution in [0.3, 0.4) is 0 Å². The molecule has 0 aliphatic rings. The number of amides is 1. The maximum Gasteiger partial charge on any atom is 0.296 e. The molecule has 102 valence electrons. The van der Waals surface area contributed by atoms with E-state index < -0.39 is 0 Å². The van der Waals surface area contributed by atoms with E-state index >= 15 is 0 Å². The lowest BCUT2D eigenvalue weighted by Crippen LogP contribution is -2.28. The third-order valence-corrected chi connectivity index (χ3v) is 2.86. The molecule has 0 radical (unpaired) electrons. The molecule has 1 aromatic carbocycles. The fourth-order valence-corrected chi connectivity index (χ4v) is 1.92. The number of rotatable bonds is 5. The maximum absolute atomic E-state index is 11.7. The minimum Gasteiger partial charge on any atom is -0.338 e. The number of benzene rings is 1. The van der Waals surface area contributed by atoms with Crippen molar-refractivity contribution < 1.29 is 4.79 Å². The van der Waals surface area contributed by atoms with Crippen LogP contribution in [-0.4, -0.2) is 20.7 Å². The molecule has 1 heterocycles. The smallest absolute Gasteiger partial charge is 0.296 e. The Labute approximate surface area is 118 Å². The Hall–Kier alpha value is -2.61. The second-order valence-electron chi connectivity index (χ2n) is 4.26. The first-order chi connectivity index (χ1) is 9.79. The highest BCUT2D eigenvalue weighted by molar-refractivity contribution is 5.93. The van der Waals surface area contributed by atoms with Crippen molar-refractivity contribution in [2.75, 3.05) is 0 Å². The van der Waals surface area contributed by atoms with E-state index in [0.29, 0.717) is 6.54 Å². The molecule has 1 N–H and O–H groups in total. The van der Waals surface area contributed by atoms with E-state index in [0.717, 1.165) is 12.0 Å². The van der Waals surface area contributed by atoms with Gasteiger partial charge in [0.15, 0.2) is 0 Å². The van der Waals surface area contributed by atoms with Crippen LogP contribution in [0.2, 0.25) is 0 Å². The van der Waals surface area contributed by atoms with Gasteiger partial charge in [-0.2, -0.15) is 5.10 Å². The number of carbonyl (C=O) groups excluding carboxylic acids is 1. The minimum atomic E-state index is -0.264. The van der Waals surface area contributed by atoms with Crippen LogP contribution >= 0.6 is 0 Å². The molecular formula is C15H16N4O. The van der Waals surface area contributed by atoms with E-state index in [2.05, 4.69) is 27.2 Å². The molecule has 0 aliphatic carbocycles. The van der Waals surface area contributed by atoms with E-state index in [1.807, 2.05) is 30.3 Å². The zero-order chi connectivity index (χ0) is 14.2. The summed E-state index contributed by atoms with van der Waals surface area (Å²) in [4.78, 5) is 15.6. The fraction of sp³-hybridized carbons (Fsp3) is 0.267. The summed E-state index contributed by atoms with van der Waals surface area (Å²) >= 11 is 0. The monoisotopic (exact) mass is 268 g/mol. The third kappa shape index (κ3) is 3.95. The van der Waals surface area contributed by atoms with Crippen LogP contribution in [0.4, 0.5) is 0 Å². The zero-order valence-corrected chi connectivity index (χ0v) is 11.3. The largest absolute Gasteiger partial charge is 0.338 e. The molecule has 0 fully saturated rings. The summed E-state index contributed by atoms with van der Waals surface area (Å²) in [6.07, 6.45) is 3.89. The molecular weight excluding hydrogens is 252 g/mol. The Kier molecular flexibility index (Phi) is 4.90. The highest BCUT2D eigenvalue weighted by Crippen LogP contribution is 2.17. The summed E-state index contributed by atoms with van der Waals surface area (Å²) in [5, 5.41) is 6.98. The number of nitrogens with zero attached hydrogens (tertiary/aromatic N) is 3. The van der Waals surface area contributed by atoms with Crippen LogP contribution < -0.4 is 5.32 Å². The maximum atomic E-state index is 11.7. The van der Waals surface area contributed by atoms with Gasteiger partial charge in [0.2, 0.25) is 0 Å². The van der Waals surface area contributed by atoms with Crippen LogP contribution in [0.1, 0.15) is 24.9 Å². The second kappa shape index (κ2) is 7.10. The van der Waals surface area contributed by atoms with Crippen LogP contribution in [0.25, 0.3) is 0 Å². The van der Waals surface area contributed by atoms with Crippen molar-refractivity contribution in [1.82, 2.24) is 20.1 Å². The number of aromatic nitrogens is 3. The van der Waals surface area contributed by atoms with Gasteiger partial charge in [0.05, 0.1) is 6.04 Å². The molecule has 0 aliphatic heterocycles. The molecule has 0 bridgehead atoms. The average Bonchev–Trinajstić information content (AvgIpc) is 2.98. The van der Waals surface area contributed by atoms with Crippen LogP contribution in [0, 0.1) is 11.8 Å². The molecule has 0 saturated heterocycles. The quantitative estimate of drug-likeness (QED) is 0.837. The van der Waals surface area contributed by atoms with Gasteiger partial charge in [0.1, 0.15) is 12.7 Å². The van der Waals surface area contributed by atoms with Gasteiger partial charge in [-0.1, -0.05) is 36.3 Å². The fourth-order valence-electron chi connectivity index (χ4n) is 1.92. The molecule has 20 heavy (non-hydrogen) atoms. The molecule has 0 unspecified atom stereocenters. The van der Waals surface area contributed by atoms with Crippen molar-refractivity contribution in [3.63, 3.8) is 0 Å². The summed E-state index contributed by atoms with van der Waals surface area (Å²) in [5.41, 5.74) is 1.05. The first kappa shape index (κ1) is 13.8. The summed E-state index contributed by atoms with van der Waals surface area (Å²) in [5.74, 6) is 4.84. The number of aryl methyl sites for hydroxylation is 1. The van der Waals surface area contributed by atoms with Crippen molar-refractivity contribution in [2.45, 2.75) is 25.9 Å². The Bertz CT molecular complexity index is 596. The highest BCUT2D eigenvalue weighted by Gasteiger charge is 2.13. The van der Waals surface area contributed by atoms with Crippen molar-refractivity contribution >= 4 is 5.91 Å². The van der Waals surface area contributed by atoms with E-state index in [9.17, 15) is 4.79 Å². The number of nitrogens with one attached hydrogen (secondary N) is 1. The first-order valence-corrected chi connectivity index (χ1v) is 6.40. The molecule has 0 spiro atoms. The predicted molar refractivity (Wildman–Crippen MR) is 75.4 cm³/mol. The normalized spacial score (nSPS) is 11.2. The first-order valence-electron chi connectivity index (χ1n) is 6.40. The minimum absolute atomic E-state index is 0.0891. The molecule has 5 nitrogen and oxygen atoms in total.